The highest BCUT2D eigenvalue weighted by atomic mass is 19.4. The molecule has 44 heavy (non-hydrogen) atoms. The van der Waals surface area contributed by atoms with E-state index in [0.717, 1.165) is 88.9 Å². The monoisotopic (exact) mass is 612 g/mol. The molecule has 3 aliphatic heterocycles. The Labute approximate surface area is 257 Å². The van der Waals surface area contributed by atoms with Crippen molar-refractivity contribution in [2.45, 2.75) is 88.3 Å². The molecule has 4 aliphatic rings. The zero-order valence-electron chi connectivity index (χ0n) is 25.2. The summed E-state index contributed by atoms with van der Waals surface area (Å²) in [7, 11) is 0. The zero-order valence-corrected chi connectivity index (χ0v) is 25.2. The van der Waals surface area contributed by atoms with Crippen LogP contribution in [0.1, 0.15) is 68.1 Å². The van der Waals surface area contributed by atoms with E-state index in [1.807, 2.05) is 11.0 Å². The number of alkyl halides is 3. The van der Waals surface area contributed by atoms with Crippen molar-refractivity contribution in [2.24, 2.45) is 5.92 Å². The van der Waals surface area contributed by atoms with Gasteiger partial charge in [0.1, 0.15) is 5.60 Å². The number of nitrogens with one attached hydrogen (secondary N) is 1. The van der Waals surface area contributed by atoms with Gasteiger partial charge in [0.25, 0.3) is 0 Å². The van der Waals surface area contributed by atoms with Crippen LogP contribution in [0, 0.1) is 5.92 Å². The van der Waals surface area contributed by atoms with Crippen LogP contribution in [0.25, 0.3) is 0 Å². The molecule has 1 N–H and O–H groups in total. The maximum atomic E-state index is 13.1. The van der Waals surface area contributed by atoms with Crippen molar-refractivity contribution in [1.82, 2.24) is 20.0 Å². The van der Waals surface area contributed by atoms with Crippen LogP contribution in [-0.4, -0.2) is 77.1 Å². The van der Waals surface area contributed by atoms with Crippen LogP contribution in [0.2, 0.25) is 0 Å². The van der Waals surface area contributed by atoms with Gasteiger partial charge in [0.15, 0.2) is 0 Å². The van der Waals surface area contributed by atoms with E-state index in [1.54, 1.807) is 0 Å². The van der Waals surface area contributed by atoms with Crippen LogP contribution >= 0.6 is 0 Å². The summed E-state index contributed by atoms with van der Waals surface area (Å²) in [5, 5.41) is 3.32. The number of carbonyl (C=O) groups is 2. The lowest BCUT2D eigenvalue weighted by Gasteiger charge is -2.38. The molecule has 3 heterocycles. The Balaban J connectivity index is 0.913. The van der Waals surface area contributed by atoms with E-state index >= 15 is 0 Å². The van der Waals surface area contributed by atoms with Gasteiger partial charge in [-0.25, -0.2) is 4.79 Å². The second kappa shape index (κ2) is 13.1. The van der Waals surface area contributed by atoms with Gasteiger partial charge in [0.05, 0.1) is 12.1 Å². The molecule has 7 nitrogen and oxygen atoms in total. The van der Waals surface area contributed by atoms with Crippen molar-refractivity contribution in [2.75, 3.05) is 32.7 Å². The number of hydrogen-bond donors (Lipinski definition) is 1. The Morgan fingerprint density at radius 1 is 0.818 bits per heavy atom. The number of ether oxygens (including phenoxy) is 1. The highest BCUT2D eigenvalue weighted by molar-refractivity contribution is 5.79. The second-order valence-corrected chi connectivity index (χ2v) is 13.2. The molecule has 1 aliphatic carbocycles. The van der Waals surface area contributed by atoms with E-state index in [0.29, 0.717) is 25.9 Å². The quantitative estimate of drug-likeness (QED) is 0.426. The van der Waals surface area contributed by atoms with E-state index in [2.05, 4.69) is 39.4 Å². The maximum absolute atomic E-state index is 13.1. The molecule has 238 valence electrons. The third-order valence-corrected chi connectivity index (χ3v) is 10.1. The number of amides is 2. The summed E-state index contributed by atoms with van der Waals surface area (Å²) in [5.74, 6) is 0.153. The number of halogens is 3. The van der Waals surface area contributed by atoms with Crippen molar-refractivity contribution >= 4 is 12.0 Å². The van der Waals surface area contributed by atoms with Crippen LogP contribution in [0.3, 0.4) is 0 Å². The zero-order chi connectivity index (χ0) is 30.7. The first kappa shape index (κ1) is 30.9. The van der Waals surface area contributed by atoms with Gasteiger partial charge in [0.2, 0.25) is 5.91 Å². The van der Waals surface area contributed by atoms with Crippen molar-refractivity contribution in [3.8, 4) is 0 Å². The fourth-order valence-electron chi connectivity index (χ4n) is 7.41. The van der Waals surface area contributed by atoms with Gasteiger partial charge in [-0.2, -0.15) is 13.2 Å². The van der Waals surface area contributed by atoms with Gasteiger partial charge < -0.3 is 15.0 Å². The maximum Gasteiger partial charge on any atom is 0.416 e. The van der Waals surface area contributed by atoms with Crippen molar-refractivity contribution < 1.29 is 27.5 Å². The third kappa shape index (κ3) is 7.40. The molecule has 6 rings (SSSR count). The summed E-state index contributed by atoms with van der Waals surface area (Å²) in [4.78, 5) is 32.6. The van der Waals surface area contributed by atoms with Crippen LogP contribution in [0.4, 0.5) is 18.0 Å². The number of likely N-dealkylation sites (tertiary alicyclic amines) is 2. The molecule has 3 saturated heterocycles. The van der Waals surface area contributed by atoms with Crippen LogP contribution in [-0.2, 0) is 28.8 Å². The molecule has 10 heteroatoms. The number of carbonyl (C=O) groups excluding carboxylic acids is 2. The van der Waals surface area contributed by atoms with E-state index in [-0.39, 0.29) is 30.0 Å². The molecule has 2 aromatic carbocycles. The molecular formula is C34H43F3N4O3. The molecule has 1 spiro atoms. The lowest BCUT2D eigenvalue weighted by molar-refractivity contribution is -0.137. The Morgan fingerprint density at radius 2 is 1.41 bits per heavy atom. The van der Waals surface area contributed by atoms with Gasteiger partial charge >= 0.3 is 12.3 Å². The molecule has 2 aromatic rings. The molecule has 0 aromatic heterocycles. The predicted molar refractivity (Wildman–Crippen MR) is 161 cm³/mol. The molecule has 1 saturated carbocycles. The summed E-state index contributed by atoms with van der Waals surface area (Å²) in [6.45, 7) is 5.51. The first-order chi connectivity index (χ1) is 21.2. The molecular weight excluding hydrogens is 569 g/mol. The Morgan fingerprint density at radius 3 is 2.02 bits per heavy atom. The average molecular weight is 613 g/mol. The number of nitrogens with zero attached hydrogens (tertiary/aromatic N) is 3. The molecule has 0 radical (unpaired) electrons. The van der Waals surface area contributed by atoms with Crippen LogP contribution in [0.15, 0.2) is 54.6 Å². The number of rotatable bonds is 7. The lowest BCUT2D eigenvalue weighted by Crippen LogP contribution is -2.49. The van der Waals surface area contributed by atoms with Crippen LogP contribution in [0.5, 0.6) is 0 Å². The van der Waals surface area contributed by atoms with E-state index in [1.165, 1.54) is 17.7 Å². The highest BCUT2D eigenvalue weighted by Gasteiger charge is 2.49. The summed E-state index contributed by atoms with van der Waals surface area (Å²) in [6, 6.07) is 16.2. The van der Waals surface area contributed by atoms with Crippen molar-refractivity contribution in [3.05, 3.63) is 71.3 Å². The first-order valence-corrected chi connectivity index (χ1v) is 16.1. The number of benzene rings is 2. The van der Waals surface area contributed by atoms with E-state index < -0.39 is 17.3 Å². The fraction of sp³-hybridized carbons (Fsp3) is 0.588. The molecule has 0 bridgehead atoms. The van der Waals surface area contributed by atoms with Crippen molar-refractivity contribution in [3.63, 3.8) is 0 Å². The fourth-order valence-corrected chi connectivity index (χ4v) is 7.41. The molecule has 0 atom stereocenters. The van der Waals surface area contributed by atoms with Gasteiger partial charge in [-0.05, 0) is 61.8 Å². The second-order valence-electron chi connectivity index (χ2n) is 13.2. The first-order valence-electron chi connectivity index (χ1n) is 16.1. The smallest absolute Gasteiger partial charge is 0.416 e. The lowest BCUT2D eigenvalue weighted by atomic mass is 9.83. The minimum Gasteiger partial charge on any atom is -0.441 e. The van der Waals surface area contributed by atoms with E-state index in [4.69, 9.17) is 4.74 Å². The van der Waals surface area contributed by atoms with E-state index in [9.17, 15) is 22.8 Å². The average Bonchev–Trinajstić information content (AvgIpc) is 3.35. The molecule has 0 unspecified atom stereocenters. The predicted octanol–water partition coefficient (Wildman–Crippen LogP) is 5.83. The standard InChI is InChI=1S/C34H43F3N4O3/c35-34(36,37)28-10-6-26(7-11-28)23-40-20-16-33(17-21-40)24-41(32(43)44-33)30-12-8-27(9-13-30)31(42)38-29-14-18-39(19-15-29)22-25-4-2-1-3-5-25/h1-7,10-11,27,29-30H,8-9,12-24H2,(H,38,42). The summed E-state index contributed by atoms with van der Waals surface area (Å²) < 4.78 is 44.6. The topological polar surface area (TPSA) is 65.1 Å². The summed E-state index contributed by atoms with van der Waals surface area (Å²) in [5.41, 5.74) is 1.02. The normalized spacial score (nSPS) is 25.2. The SMILES string of the molecule is O=C(NC1CCN(Cc2ccccc2)CC1)C1CCC(N2CC3(CCN(Cc4ccc(C(F)(F)F)cc4)CC3)OC2=O)CC1. The summed E-state index contributed by atoms with van der Waals surface area (Å²) >= 11 is 0. The largest absolute Gasteiger partial charge is 0.441 e. The van der Waals surface area contributed by atoms with Crippen molar-refractivity contribution in [1.29, 1.82) is 0 Å². The molecule has 4 fully saturated rings. The number of hydrogen-bond acceptors (Lipinski definition) is 5. The van der Waals surface area contributed by atoms with Crippen LogP contribution < -0.4 is 5.32 Å². The number of piperidine rings is 2. The minimum absolute atomic E-state index is 0.00498. The third-order valence-electron chi connectivity index (χ3n) is 10.1. The summed E-state index contributed by atoms with van der Waals surface area (Å²) in [6.07, 6.45) is 1.93. The Hall–Kier alpha value is -3.11. The molecule has 2 amide bonds. The van der Waals surface area contributed by atoms with Gasteiger partial charge in [-0.15, -0.1) is 0 Å². The Bertz CT molecular complexity index is 1260. The highest BCUT2D eigenvalue weighted by Crippen LogP contribution is 2.38. The van der Waals surface area contributed by atoms with Gasteiger partial charge in [-0.3, -0.25) is 14.6 Å². The van der Waals surface area contributed by atoms with Gasteiger partial charge in [0, 0.05) is 70.1 Å². The minimum atomic E-state index is -4.33. The van der Waals surface area contributed by atoms with Gasteiger partial charge in [-0.1, -0.05) is 42.5 Å². The Kier molecular flexibility index (Phi) is 9.19.